The van der Waals surface area contributed by atoms with E-state index < -0.39 is 23.8 Å². The number of imidazole rings is 1. The molecule has 42 heavy (non-hydrogen) atoms. The number of halogens is 3. The largest absolute Gasteiger partial charge is 0.476 e. The van der Waals surface area contributed by atoms with E-state index in [9.17, 15) is 9.18 Å². The van der Waals surface area contributed by atoms with Crippen molar-refractivity contribution >= 4 is 23.6 Å². The fraction of sp³-hybridized carbons (Fsp3) is 0.806. The Balaban J connectivity index is 1.10. The second-order valence-corrected chi connectivity index (χ2v) is 13.9. The average molecular weight is 613 g/mol. The van der Waals surface area contributed by atoms with E-state index in [1.54, 1.807) is 0 Å². The highest BCUT2D eigenvalue weighted by Gasteiger charge is 2.56. The van der Waals surface area contributed by atoms with Crippen molar-refractivity contribution in [1.82, 2.24) is 9.88 Å². The molecule has 1 aromatic heterocycles. The summed E-state index contributed by atoms with van der Waals surface area (Å²) in [6, 6.07) is 0. The van der Waals surface area contributed by atoms with E-state index in [0.29, 0.717) is 50.1 Å². The molecule has 3 saturated heterocycles. The van der Waals surface area contributed by atoms with Gasteiger partial charge in [0.25, 0.3) is 5.82 Å². The number of aromatic nitrogens is 2. The van der Waals surface area contributed by atoms with Gasteiger partial charge in [-0.1, -0.05) is 6.42 Å². The van der Waals surface area contributed by atoms with Gasteiger partial charge < -0.3 is 19.3 Å². The van der Waals surface area contributed by atoms with Gasteiger partial charge in [0.1, 0.15) is 25.0 Å². The summed E-state index contributed by atoms with van der Waals surface area (Å²) in [6.07, 6.45) is 8.25. The van der Waals surface area contributed by atoms with E-state index in [1.165, 1.54) is 0 Å². The van der Waals surface area contributed by atoms with Crippen LogP contribution in [0.2, 0.25) is 0 Å². The summed E-state index contributed by atoms with van der Waals surface area (Å²) in [5, 5.41) is 9.00. The lowest BCUT2D eigenvalue weighted by molar-refractivity contribution is -0.715. The van der Waals surface area contributed by atoms with Gasteiger partial charge in [0.05, 0.1) is 18.3 Å². The molecule has 4 heterocycles. The molecule has 8 atom stereocenters. The Bertz CT molecular complexity index is 1170. The van der Waals surface area contributed by atoms with Crippen LogP contribution < -0.4 is 4.57 Å². The third kappa shape index (κ3) is 6.16. The summed E-state index contributed by atoms with van der Waals surface area (Å²) >= 11 is 6.24. The Labute approximate surface area is 251 Å². The topological polar surface area (TPSA) is 87.9 Å². The van der Waals surface area contributed by atoms with Crippen LogP contribution in [0, 0.1) is 24.7 Å². The second-order valence-electron chi connectivity index (χ2n) is 13.3. The number of rotatable bonds is 8. The number of carboxylic acid groups (broad SMARTS) is 1. The molecular formula is C31H45ClF2N3O5+. The predicted octanol–water partition coefficient (Wildman–Crippen LogP) is 5.05. The molecule has 2 N–H and O–H groups in total. The van der Waals surface area contributed by atoms with Crippen LogP contribution >= 0.6 is 11.6 Å². The summed E-state index contributed by atoms with van der Waals surface area (Å²) in [7, 11) is 0. The van der Waals surface area contributed by atoms with Crippen LogP contribution in [0.5, 0.6) is 0 Å². The van der Waals surface area contributed by atoms with Gasteiger partial charge >= 0.3 is 5.97 Å². The molecule has 5 aliphatic rings. The number of piperidine rings is 1. The maximum absolute atomic E-state index is 15.1. The van der Waals surface area contributed by atoms with E-state index in [1.807, 2.05) is 18.4 Å². The lowest BCUT2D eigenvalue weighted by Gasteiger charge is -2.41. The van der Waals surface area contributed by atoms with Gasteiger partial charge in [-0.15, -0.1) is 11.6 Å². The van der Waals surface area contributed by atoms with Crippen molar-refractivity contribution in [2.75, 3.05) is 19.7 Å². The number of hydrogen-bond acceptors (Lipinski definition) is 5. The number of aromatic amines is 1. The maximum Gasteiger partial charge on any atom is 0.364 e. The zero-order valence-electron chi connectivity index (χ0n) is 24.7. The van der Waals surface area contributed by atoms with Gasteiger partial charge in [0.2, 0.25) is 5.83 Å². The summed E-state index contributed by atoms with van der Waals surface area (Å²) in [5.41, 5.74) is 1.28. The molecule has 2 saturated carbocycles. The van der Waals surface area contributed by atoms with E-state index >= 15 is 4.39 Å². The minimum atomic E-state index is -1.57. The van der Waals surface area contributed by atoms with Crippen molar-refractivity contribution in [2.24, 2.45) is 17.8 Å². The minimum Gasteiger partial charge on any atom is -0.476 e. The van der Waals surface area contributed by atoms with Crippen molar-refractivity contribution in [3.05, 3.63) is 23.0 Å². The number of carboxylic acids is 1. The van der Waals surface area contributed by atoms with E-state index in [0.717, 1.165) is 75.6 Å². The lowest BCUT2D eigenvalue weighted by Crippen LogP contribution is -2.50. The zero-order valence-corrected chi connectivity index (χ0v) is 25.5. The molecule has 2 aliphatic carbocycles. The predicted molar refractivity (Wildman–Crippen MR) is 152 cm³/mol. The number of likely N-dealkylation sites (tertiary alicyclic amines) is 1. The molecule has 0 bridgehead atoms. The van der Waals surface area contributed by atoms with Crippen LogP contribution in [0.15, 0.2) is 5.83 Å². The monoisotopic (exact) mass is 612 g/mol. The Kier molecular flexibility index (Phi) is 9.00. The molecule has 3 aliphatic heterocycles. The van der Waals surface area contributed by atoms with Crippen LogP contribution in [-0.2, 0) is 32.1 Å². The number of aliphatic carboxylic acids is 1. The molecule has 11 heteroatoms. The van der Waals surface area contributed by atoms with Crippen LogP contribution in [0.3, 0.4) is 0 Å². The Morgan fingerprint density at radius 1 is 1.19 bits per heavy atom. The highest BCUT2D eigenvalue weighted by molar-refractivity contribution is 6.20. The number of ether oxygens (including phenoxy) is 3. The lowest BCUT2D eigenvalue weighted by atomic mass is 9.73. The third-order valence-electron chi connectivity index (χ3n) is 10.5. The first-order valence-corrected chi connectivity index (χ1v) is 16.2. The van der Waals surface area contributed by atoms with Crippen molar-refractivity contribution in [1.29, 1.82) is 0 Å². The molecular weight excluding hydrogens is 568 g/mol. The number of carbonyl (C=O) groups is 1. The first-order chi connectivity index (χ1) is 20.1. The first-order valence-electron chi connectivity index (χ1n) is 15.8. The molecule has 0 radical (unpaired) electrons. The minimum absolute atomic E-state index is 0.00962. The molecule has 5 fully saturated rings. The van der Waals surface area contributed by atoms with Gasteiger partial charge in [0.15, 0.2) is 11.5 Å². The highest BCUT2D eigenvalue weighted by atomic mass is 35.5. The molecule has 0 aromatic carbocycles. The highest BCUT2D eigenvalue weighted by Crippen LogP contribution is 2.50. The van der Waals surface area contributed by atoms with Gasteiger partial charge in [-0.3, -0.25) is 4.90 Å². The fourth-order valence-corrected chi connectivity index (χ4v) is 8.46. The summed E-state index contributed by atoms with van der Waals surface area (Å²) < 4.78 is 50.1. The normalized spacial score (nSPS) is 38.3. The van der Waals surface area contributed by atoms with Gasteiger partial charge in [0, 0.05) is 37.3 Å². The quantitative estimate of drug-likeness (QED) is 0.243. The second kappa shape index (κ2) is 12.4. The number of hydrogen-bond donors (Lipinski definition) is 2. The van der Waals surface area contributed by atoms with E-state index in [2.05, 4.69) is 9.88 Å². The number of nitrogens with one attached hydrogen (secondary N) is 1. The Hall–Kier alpha value is -1.59. The van der Waals surface area contributed by atoms with Crippen molar-refractivity contribution < 1.29 is 37.5 Å². The fourth-order valence-electron chi connectivity index (χ4n) is 8.16. The molecule has 234 valence electrons. The van der Waals surface area contributed by atoms with Crippen LogP contribution in [0.25, 0.3) is 6.08 Å². The van der Waals surface area contributed by atoms with Crippen molar-refractivity contribution in [2.45, 2.75) is 120 Å². The van der Waals surface area contributed by atoms with E-state index in [-0.39, 0.29) is 29.6 Å². The van der Waals surface area contributed by atoms with Gasteiger partial charge in [-0.25, -0.2) is 18.7 Å². The van der Waals surface area contributed by atoms with Crippen LogP contribution in [0.4, 0.5) is 8.78 Å². The summed E-state index contributed by atoms with van der Waals surface area (Å²) in [6.45, 7) is 7.58. The number of alkyl halides is 2. The summed E-state index contributed by atoms with van der Waals surface area (Å²) in [4.78, 5) is 17.0. The molecule has 6 unspecified atom stereocenters. The smallest absolute Gasteiger partial charge is 0.364 e. The zero-order chi connectivity index (χ0) is 29.6. The molecule has 6 rings (SSSR count). The van der Waals surface area contributed by atoms with Gasteiger partial charge in [-0.05, 0) is 76.8 Å². The Morgan fingerprint density at radius 2 is 1.95 bits per heavy atom. The molecule has 0 amide bonds. The third-order valence-corrected chi connectivity index (χ3v) is 10.9. The van der Waals surface area contributed by atoms with Gasteiger partial charge in [-0.2, -0.15) is 4.39 Å². The van der Waals surface area contributed by atoms with E-state index in [4.69, 9.17) is 30.9 Å². The molecule has 0 spiro atoms. The van der Waals surface area contributed by atoms with Crippen molar-refractivity contribution in [3.63, 3.8) is 0 Å². The van der Waals surface area contributed by atoms with Crippen LogP contribution in [-0.4, -0.2) is 76.3 Å². The average Bonchev–Trinajstić information content (AvgIpc) is 3.42. The SMILES string of the molecule is Cc1[nH]c(CN2CCC(C3CCCC4O[C@](C)(C5CCC(Cl)CC5F)OC43)CC2)[n+](C[C@@H]2CCO2)c1/C=C(\F)C(=O)O. The molecule has 8 nitrogen and oxygen atoms in total. The van der Waals surface area contributed by atoms with Crippen molar-refractivity contribution in [3.8, 4) is 0 Å². The maximum atomic E-state index is 15.1. The summed E-state index contributed by atoms with van der Waals surface area (Å²) in [5.74, 6) is -2.06. The number of aryl methyl sites for hydroxylation is 1. The Morgan fingerprint density at radius 3 is 2.62 bits per heavy atom. The number of H-pyrrole nitrogens is 1. The van der Waals surface area contributed by atoms with Crippen LogP contribution in [0.1, 0.15) is 81.9 Å². The number of nitrogens with zero attached hydrogens (tertiary/aromatic N) is 2. The molecule has 1 aromatic rings. The standard InChI is InChI=1S/C31H44ClF2N3O5/c1-18-26(15-25(34)30(38)39)37(16-21-10-13-40-21)28(35-18)17-36-11-8-19(9-12-36)22-4-3-5-27-29(22)42-31(2,41-27)23-7-6-20(32)14-24(23)33/h15,19-24,27,29H,3-14,16-17H2,1-2H3,(H,38,39)/p+1/b25-15-/t20?,21-,22?,23?,24?,27?,29?,31-/m0/s1. The first kappa shape index (κ1) is 30.4. The number of fused-ring (bicyclic) bond motifs is 1.